The molecule has 1 fully saturated rings. The van der Waals surface area contributed by atoms with Gasteiger partial charge < -0.3 is 20.0 Å². The van der Waals surface area contributed by atoms with E-state index in [0.717, 1.165) is 56.6 Å². The van der Waals surface area contributed by atoms with Gasteiger partial charge in [-0.1, -0.05) is 13.0 Å². The fraction of sp³-hybridized carbons (Fsp3) is 0.571. The van der Waals surface area contributed by atoms with Gasteiger partial charge in [0.05, 0.1) is 18.8 Å². The van der Waals surface area contributed by atoms with Crippen LogP contribution in [0.1, 0.15) is 25.2 Å². The maximum absolute atomic E-state index is 14.8. The number of piperazine rings is 1. The van der Waals surface area contributed by atoms with Crippen molar-refractivity contribution in [3.63, 3.8) is 0 Å². The van der Waals surface area contributed by atoms with Crippen LogP contribution in [-0.2, 0) is 20.1 Å². The summed E-state index contributed by atoms with van der Waals surface area (Å²) in [7, 11) is 3.82. The molecule has 2 heterocycles. The Morgan fingerprint density at radius 2 is 2.00 bits per heavy atom. The molecule has 0 amide bonds. The second kappa shape index (κ2) is 10.4. The summed E-state index contributed by atoms with van der Waals surface area (Å²) in [4.78, 5) is 15.5. The number of benzene rings is 1. The molecular formula is C21H33FN8. The molecule has 1 aliphatic rings. The minimum absolute atomic E-state index is 0.176. The third-order valence-electron chi connectivity index (χ3n) is 5.46. The Kier molecular flexibility index (Phi) is 7.62. The van der Waals surface area contributed by atoms with Gasteiger partial charge in [0.15, 0.2) is 5.96 Å². The number of hydrogen-bond donors (Lipinski definition) is 1. The molecular weight excluding hydrogens is 383 g/mol. The number of aryl methyl sites for hydroxylation is 1. The average molecular weight is 417 g/mol. The van der Waals surface area contributed by atoms with Crippen LogP contribution in [0.3, 0.4) is 0 Å². The SMILES string of the molecule is CCNC(=NCc1ccc(N2CCN(CC)CC2)c(F)c1)N(C)Cc1ncnn1C. The standard InChI is InChI=1S/C21H33FN8/c1-5-23-21(27(3)15-20-25-16-26-28(20)4)24-14-17-7-8-19(18(22)13-17)30-11-9-29(6-2)10-12-30/h7-8,13,16H,5-6,9-12,14-15H2,1-4H3,(H,23,24). The summed E-state index contributed by atoms with van der Waals surface area (Å²) in [6.45, 7) is 10.7. The van der Waals surface area contributed by atoms with E-state index >= 15 is 0 Å². The number of aromatic nitrogens is 3. The van der Waals surface area contributed by atoms with Crippen LogP contribution in [0.25, 0.3) is 0 Å². The summed E-state index contributed by atoms with van der Waals surface area (Å²) in [6.07, 6.45) is 1.54. The van der Waals surface area contributed by atoms with Gasteiger partial charge in [0.25, 0.3) is 0 Å². The fourth-order valence-corrected chi connectivity index (χ4v) is 3.60. The summed E-state index contributed by atoms with van der Waals surface area (Å²) in [6, 6.07) is 5.47. The minimum Gasteiger partial charge on any atom is -0.367 e. The van der Waals surface area contributed by atoms with E-state index in [9.17, 15) is 4.39 Å². The number of nitrogens with zero attached hydrogens (tertiary/aromatic N) is 7. The predicted molar refractivity (Wildman–Crippen MR) is 118 cm³/mol. The van der Waals surface area contributed by atoms with Gasteiger partial charge in [0, 0.05) is 46.8 Å². The Morgan fingerprint density at radius 1 is 1.23 bits per heavy atom. The Labute approximate surface area is 178 Å². The van der Waals surface area contributed by atoms with Crippen molar-refractivity contribution in [2.24, 2.45) is 12.0 Å². The predicted octanol–water partition coefficient (Wildman–Crippen LogP) is 1.69. The van der Waals surface area contributed by atoms with Crippen LogP contribution >= 0.6 is 0 Å². The van der Waals surface area contributed by atoms with Crippen molar-refractivity contribution in [2.45, 2.75) is 26.9 Å². The lowest BCUT2D eigenvalue weighted by molar-refractivity contribution is 0.270. The highest BCUT2D eigenvalue weighted by Crippen LogP contribution is 2.22. The van der Waals surface area contributed by atoms with Gasteiger partial charge in [-0.2, -0.15) is 5.10 Å². The minimum atomic E-state index is -0.176. The molecule has 1 aliphatic heterocycles. The average Bonchev–Trinajstić information content (AvgIpc) is 3.15. The van der Waals surface area contributed by atoms with Crippen molar-refractivity contribution in [1.29, 1.82) is 0 Å². The lowest BCUT2D eigenvalue weighted by Gasteiger charge is -2.35. The Bertz CT molecular complexity index is 841. The number of aliphatic imine (C=N–C) groups is 1. The second-order valence-electron chi connectivity index (χ2n) is 7.53. The van der Waals surface area contributed by atoms with E-state index in [-0.39, 0.29) is 5.82 Å². The van der Waals surface area contributed by atoms with Crippen molar-refractivity contribution >= 4 is 11.6 Å². The van der Waals surface area contributed by atoms with E-state index < -0.39 is 0 Å². The first kappa shape index (κ1) is 22.0. The molecule has 1 saturated heterocycles. The van der Waals surface area contributed by atoms with Crippen LogP contribution in [-0.4, -0.2) is 76.8 Å². The largest absolute Gasteiger partial charge is 0.367 e. The first-order valence-electron chi connectivity index (χ1n) is 10.6. The first-order valence-corrected chi connectivity index (χ1v) is 10.6. The van der Waals surface area contributed by atoms with Crippen LogP contribution < -0.4 is 10.2 Å². The van der Waals surface area contributed by atoms with Crippen LogP contribution in [0, 0.1) is 5.82 Å². The van der Waals surface area contributed by atoms with Gasteiger partial charge >= 0.3 is 0 Å². The third-order valence-corrected chi connectivity index (χ3v) is 5.46. The molecule has 0 atom stereocenters. The molecule has 0 saturated carbocycles. The van der Waals surface area contributed by atoms with Gasteiger partial charge in [-0.3, -0.25) is 4.68 Å². The lowest BCUT2D eigenvalue weighted by Crippen LogP contribution is -2.46. The summed E-state index contributed by atoms with van der Waals surface area (Å²) < 4.78 is 16.5. The van der Waals surface area contributed by atoms with E-state index in [2.05, 4.69) is 37.1 Å². The zero-order valence-electron chi connectivity index (χ0n) is 18.5. The van der Waals surface area contributed by atoms with Crippen molar-refractivity contribution in [1.82, 2.24) is 29.9 Å². The lowest BCUT2D eigenvalue weighted by atomic mass is 10.1. The van der Waals surface area contributed by atoms with Gasteiger partial charge in [-0.15, -0.1) is 0 Å². The molecule has 1 aromatic carbocycles. The highest BCUT2D eigenvalue weighted by molar-refractivity contribution is 5.79. The monoisotopic (exact) mass is 416 g/mol. The smallest absolute Gasteiger partial charge is 0.194 e. The maximum atomic E-state index is 14.8. The molecule has 1 aromatic heterocycles. The fourth-order valence-electron chi connectivity index (χ4n) is 3.60. The highest BCUT2D eigenvalue weighted by Gasteiger charge is 2.18. The van der Waals surface area contributed by atoms with Gasteiger partial charge in [-0.05, 0) is 31.2 Å². The number of halogens is 1. The van der Waals surface area contributed by atoms with Gasteiger partial charge in [0.2, 0.25) is 0 Å². The Balaban J connectivity index is 1.65. The van der Waals surface area contributed by atoms with Crippen molar-refractivity contribution in [3.05, 3.63) is 41.7 Å². The van der Waals surface area contributed by atoms with E-state index in [4.69, 9.17) is 0 Å². The van der Waals surface area contributed by atoms with Gasteiger partial charge in [-0.25, -0.2) is 14.4 Å². The number of anilines is 1. The summed E-state index contributed by atoms with van der Waals surface area (Å²) in [5.41, 5.74) is 1.54. The Hall–Kier alpha value is -2.68. The van der Waals surface area contributed by atoms with E-state index in [1.165, 1.54) is 0 Å². The molecule has 0 bridgehead atoms. The summed E-state index contributed by atoms with van der Waals surface area (Å²) in [5.74, 6) is 1.42. The third kappa shape index (κ3) is 5.47. The van der Waals surface area contributed by atoms with Crippen LogP contribution in [0.5, 0.6) is 0 Å². The molecule has 1 N–H and O–H groups in total. The maximum Gasteiger partial charge on any atom is 0.194 e. The normalized spacial score (nSPS) is 15.5. The number of guanidine groups is 1. The quantitative estimate of drug-likeness (QED) is 0.548. The molecule has 3 rings (SSSR count). The molecule has 9 heteroatoms. The molecule has 8 nitrogen and oxygen atoms in total. The van der Waals surface area contributed by atoms with Crippen molar-refractivity contribution in [3.8, 4) is 0 Å². The first-order chi connectivity index (χ1) is 14.5. The molecule has 30 heavy (non-hydrogen) atoms. The van der Waals surface area contributed by atoms with E-state index in [1.807, 2.05) is 38.1 Å². The van der Waals surface area contributed by atoms with E-state index in [0.29, 0.717) is 18.8 Å². The molecule has 0 unspecified atom stereocenters. The number of likely N-dealkylation sites (N-methyl/N-ethyl adjacent to an activating group) is 1. The zero-order valence-corrected chi connectivity index (χ0v) is 18.5. The zero-order chi connectivity index (χ0) is 21.5. The van der Waals surface area contributed by atoms with Crippen molar-refractivity contribution in [2.75, 3.05) is 51.2 Å². The topological polar surface area (TPSA) is 64.8 Å². The molecule has 164 valence electrons. The number of rotatable bonds is 7. The highest BCUT2D eigenvalue weighted by atomic mass is 19.1. The number of hydrogen-bond acceptors (Lipinski definition) is 5. The van der Waals surface area contributed by atoms with Crippen LogP contribution in [0.2, 0.25) is 0 Å². The van der Waals surface area contributed by atoms with Crippen LogP contribution in [0.4, 0.5) is 10.1 Å². The summed E-state index contributed by atoms with van der Waals surface area (Å²) in [5, 5.41) is 7.39. The second-order valence-corrected chi connectivity index (χ2v) is 7.53. The van der Waals surface area contributed by atoms with E-state index in [1.54, 1.807) is 17.1 Å². The van der Waals surface area contributed by atoms with Gasteiger partial charge in [0.1, 0.15) is 18.0 Å². The summed E-state index contributed by atoms with van der Waals surface area (Å²) >= 11 is 0. The van der Waals surface area contributed by atoms with Crippen LogP contribution in [0.15, 0.2) is 29.5 Å². The Morgan fingerprint density at radius 3 is 2.60 bits per heavy atom. The molecule has 2 aromatic rings. The molecule has 0 radical (unpaired) electrons. The number of nitrogens with one attached hydrogen (secondary N) is 1. The molecule has 0 aliphatic carbocycles. The van der Waals surface area contributed by atoms with Crippen molar-refractivity contribution < 1.29 is 4.39 Å². The molecule has 0 spiro atoms.